The van der Waals surface area contributed by atoms with Gasteiger partial charge in [0, 0.05) is 35.1 Å². The molecule has 0 fully saturated rings. The van der Waals surface area contributed by atoms with Crippen LogP contribution in [0.2, 0.25) is 0 Å². The van der Waals surface area contributed by atoms with Crippen LogP contribution in [0.3, 0.4) is 0 Å². The third kappa shape index (κ3) is 6.02. The molecular formula is C37H34O10. The number of esters is 1. The second-order valence-corrected chi connectivity index (χ2v) is 10.8. The van der Waals surface area contributed by atoms with E-state index in [4.69, 9.17) is 37.9 Å². The summed E-state index contributed by atoms with van der Waals surface area (Å²) in [6, 6.07) is 19.9. The highest BCUT2D eigenvalue weighted by Crippen LogP contribution is 2.52. The predicted molar refractivity (Wildman–Crippen MR) is 173 cm³/mol. The zero-order valence-corrected chi connectivity index (χ0v) is 26.7. The Balaban J connectivity index is 1.37. The summed E-state index contributed by atoms with van der Waals surface area (Å²) in [5, 5.41) is 0. The van der Waals surface area contributed by atoms with Crippen molar-refractivity contribution in [3.8, 4) is 46.0 Å². The van der Waals surface area contributed by atoms with Gasteiger partial charge < -0.3 is 37.9 Å². The Morgan fingerprint density at radius 1 is 0.766 bits per heavy atom. The number of allylic oxidation sites excluding steroid dienone is 1. The maximum absolute atomic E-state index is 13.7. The number of para-hydroxylation sites is 1. The normalized spacial score (nSPS) is 15.7. The molecule has 0 unspecified atom stereocenters. The number of benzene rings is 4. The van der Waals surface area contributed by atoms with E-state index in [0.717, 1.165) is 11.3 Å². The van der Waals surface area contributed by atoms with Crippen LogP contribution in [0.5, 0.6) is 46.0 Å². The van der Waals surface area contributed by atoms with Gasteiger partial charge in [-0.05, 0) is 48.0 Å². The highest BCUT2D eigenvalue weighted by Gasteiger charge is 2.40. The number of hydrogen-bond acceptors (Lipinski definition) is 10. The molecule has 0 spiro atoms. The van der Waals surface area contributed by atoms with Crippen LogP contribution >= 0.6 is 0 Å². The molecule has 10 heteroatoms. The first-order valence-corrected chi connectivity index (χ1v) is 14.9. The highest BCUT2D eigenvalue weighted by atomic mass is 16.5. The van der Waals surface area contributed by atoms with Crippen LogP contribution in [-0.4, -0.2) is 53.9 Å². The minimum Gasteiger partial charge on any atom is -0.497 e. The fourth-order valence-corrected chi connectivity index (χ4v) is 5.86. The van der Waals surface area contributed by atoms with Gasteiger partial charge >= 0.3 is 5.97 Å². The fraction of sp³-hybridized carbons (Fsp3) is 0.243. The number of carbonyl (C=O) groups is 2. The summed E-state index contributed by atoms with van der Waals surface area (Å²) in [4.78, 5) is 26.6. The van der Waals surface area contributed by atoms with Crippen LogP contribution in [0.4, 0.5) is 0 Å². The minimum absolute atomic E-state index is 0.00552. The van der Waals surface area contributed by atoms with E-state index in [1.54, 1.807) is 50.6 Å². The molecule has 0 N–H and O–H groups in total. The van der Waals surface area contributed by atoms with Crippen molar-refractivity contribution in [2.45, 2.75) is 18.8 Å². The number of hydrogen-bond donors (Lipinski definition) is 0. The fourth-order valence-electron chi connectivity index (χ4n) is 5.86. The van der Waals surface area contributed by atoms with Crippen LogP contribution < -0.4 is 37.9 Å². The van der Waals surface area contributed by atoms with Crippen LogP contribution in [0.1, 0.15) is 45.0 Å². The van der Waals surface area contributed by atoms with Crippen molar-refractivity contribution in [1.82, 2.24) is 0 Å². The molecule has 0 aromatic heterocycles. The summed E-state index contributed by atoms with van der Waals surface area (Å²) in [5.74, 6) is 2.64. The molecular weight excluding hydrogens is 604 g/mol. The first kappa shape index (κ1) is 31.3. The van der Waals surface area contributed by atoms with Crippen LogP contribution in [0, 0.1) is 0 Å². The third-order valence-corrected chi connectivity index (χ3v) is 8.20. The van der Waals surface area contributed by atoms with E-state index >= 15 is 0 Å². The van der Waals surface area contributed by atoms with Gasteiger partial charge in [0.1, 0.15) is 23.0 Å². The first-order chi connectivity index (χ1) is 22.9. The monoisotopic (exact) mass is 638 g/mol. The molecule has 2 aliphatic heterocycles. The van der Waals surface area contributed by atoms with E-state index in [1.165, 1.54) is 21.3 Å². The lowest BCUT2D eigenvalue weighted by Gasteiger charge is -2.28. The molecule has 2 heterocycles. The summed E-state index contributed by atoms with van der Waals surface area (Å²) >= 11 is 0. The Kier molecular flexibility index (Phi) is 8.92. The van der Waals surface area contributed by atoms with E-state index in [-0.39, 0.29) is 18.0 Å². The quantitative estimate of drug-likeness (QED) is 0.104. The average Bonchev–Trinajstić information content (AvgIpc) is 3.42. The summed E-state index contributed by atoms with van der Waals surface area (Å²) in [6.45, 7) is 0.353. The Labute approximate surface area is 272 Å². The molecule has 0 bridgehead atoms. The van der Waals surface area contributed by atoms with E-state index in [1.807, 2.05) is 36.4 Å². The van der Waals surface area contributed by atoms with Gasteiger partial charge in [-0.3, -0.25) is 9.59 Å². The van der Waals surface area contributed by atoms with Crippen LogP contribution in [0.25, 0.3) is 6.08 Å². The molecule has 6 rings (SSSR count). The van der Waals surface area contributed by atoms with Crippen molar-refractivity contribution in [3.05, 3.63) is 100 Å². The summed E-state index contributed by atoms with van der Waals surface area (Å²) in [7, 11) is 7.77. The Bertz CT molecular complexity index is 1860. The van der Waals surface area contributed by atoms with Crippen molar-refractivity contribution in [1.29, 1.82) is 0 Å². The summed E-state index contributed by atoms with van der Waals surface area (Å²) in [6.07, 6.45) is 2.23. The maximum Gasteiger partial charge on any atom is 0.312 e. The number of rotatable bonds is 11. The molecule has 4 aromatic carbocycles. The SMILES string of the molecule is COc1ccc(CCOc2c(OC)cccc2[C@@H]2CC(=O)Oc3ccc4c(c32)O/C(=C\c2cc(OC)c(OC)cc2OC)C4=O)cc1. The summed E-state index contributed by atoms with van der Waals surface area (Å²) in [5.41, 5.74) is 3.26. The van der Waals surface area contributed by atoms with Gasteiger partial charge in [0.25, 0.3) is 0 Å². The van der Waals surface area contributed by atoms with Crippen molar-refractivity contribution in [2.24, 2.45) is 0 Å². The van der Waals surface area contributed by atoms with Crippen molar-refractivity contribution >= 4 is 17.8 Å². The maximum atomic E-state index is 13.7. The van der Waals surface area contributed by atoms with Crippen LogP contribution in [0.15, 0.2) is 72.5 Å². The van der Waals surface area contributed by atoms with Gasteiger partial charge in [-0.2, -0.15) is 0 Å². The van der Waals surface area contributed by atoms with Gasteiger partial charge in [0.15, 0.2) is 28.8 Å². The smallest absolute Gasteiger partial charge is 0.312 e. The molecule has 2 aliphatic rings. The minimum atomic E-state index is -0.546. The molecule has 1 atom stereocenters. The van der Waals surface area contributed by atoms with Gasteiger partial charge in [0.2, 0.25) is 5.78 Å². The van der Waals surface area contributed by atoms with Gasteiger partial charge in [-0.25, -0.2) is 0 Å². The van der Waals surface area contributed by atoms with Gasteiger partial charge in [-0.1, -0.05) is 24.3 Å². The van der Waals surface area contributed by atoms with E-state index in [2.05, 4.69) is 0 Å². The molecule has 0 aliphatic carbocycles. The average molecular weight is 639 g/mol. The predicted octanol–water partition coefficient (Wildman–Crippen LogP) is 6.41. The zero-order valence-electron chi connectivity index (χ0n) is 26.7. The Morgan fingerprint density at radius 2 is 1.49 bits per heavy atom. The molecule has 10 nitrogen and oxygen atoms in total. The lowest BCUT2D eigenvalue weighted by atomic mass is 9.84. The van der Waals surface area contributed by atoms with Gasteiger partial charge in [0.05, 0.1) is 54.1 Å². The van der Waals surface area contributed by atoms with E-state index in [0.29, 0.717) is 75.5 Å². The summed E-state index contributed by atoms with van der Waals surface area (Å²) < 4.78 is 45.7. The number of fused-ring (bicyclic) bond motifs is 3. The zero-order chi connectivity index (χ0) is 33.1. The Hall–Kier alpha value is -5.64. The highest BCUT2D eigenvalue weighted by molar-refractivity contribution is 6.15. The first-order valence-electron chi connectivity index (χ1n) is 14.9. The van der Waals surface area contributed by atoms with Crippen molar-refractivity contribution < 1.29 is 47.5 Å². The number of ether oxygens (including phenoxy) is 8. The van der Waals surface area contributed by atoms with Crippen molar-refractivity contribution in [2.75, 3.05) is 42.2 Å². The molecule has 0 radical (unpaired) electrons. The lowest BCUT2D eigenvalue weighted by Crippen LogP contribution is -2.22. The van der Waals surface area contributed by atoms with Crippen molar-refractivity contribution in [3.63, 3.8) is 0 Å². The second kappa shape index (κ2) is 13.4. The number of Topliss-reactive ketones (excluding diaryl/α,β-unsaturated/α-hetero) is 1. The molecule has 0 amide bonds. The van der Waals surface area contributed by atoms with E-state index in [9.17, 15) is 9.59 Å². The molecule has 242 valence electrons. The number of ketones is 1. The molecule has 0 saturated carbocycles. The van der Waals surface area contributed by atoms with Gasteiger partial charge in [-0.15, -0.1) is 0 Å². The largest absolute Gasteiger partial charge is 0.497 e. The molecule has 0 saturated heterocycles. The molecule has 47 heavy (non-hydrogen) atoms. The second-order valence-electron chi connectivity index (χ2n) is 10.8. The lowest BCUT2D eigenvalue weighted by molar-refractivity contribution is -0.135. The Morgan fingerprint density at radius 3 is 2.19 bits per heavy atom. The molecule has 4 aromatic rings. The van der Waals surface area contributed by atoms with E-state index < -0.39 is 11.9 Å². The third-order valence-electron chi connectivity index (χ3n) is 8.20. The number of carbonyl (C=O) groups excluding carboxylic acids is 2. The standard InChI is InChI=1S/C37H34O10/c1-40-23-11-9-21(10-12-23)15-16-45-36-24(7-6-8-28(36)41-2)26-19-33(38)46-27-14-13-25-35(39)32(47-37(25)34(26)27)18-22-17-30(43-4)31(44-5)20-29(22)42-3/h6-14,17-18,20,26H,15-16,19H2,1-5H3/b32-18-/t26-/m0/s1. The topological polar surface area (TPSA) is 108 Å². The number of methoxy groups -OCH3 is 5. The van der Waals surface area contributed by atoms with Crippen LogP contribution in [-0.2, 0) is 11.2 Å².